The second kappa shape index (κ2) is 8.09. The van der Waals surface area contributed by atoms with Crippen molar-refractivity contribution in [2.24, 2.45) is 11.7 Å². The van der Waals surface area contributed by atoms with E-state index in [1.54, 1.807) is 35.1 Å². The lowest BCUT2D eigenvalue weighted by atomic mass is 9.96. The van der Waals surface area contributed by atoms with Crippen LogP contribution in [0.1, 0.15) is 23.2 Å². The molecular formula is C20H21N7O2. The van der Waals surface area contributed by atoms with Gasteiger partial charge in [0.05, 0.1) is 17.2 Å². The van der Waals surface area contributed by atoms with Gasteiger partial charge in [0.25, 0.3) is 5.91 Å². The Morgan fingerprint density at radius 3 is 2.76 bits per heavy atom. The van der Waals surface area contributed by atoms with Crippen LogP contribution < -0.4 is 16.0 Å². The standard InChI is InChI=1S/C20H21N7O2/c21-19(28)15-6-1-2-7-16(15)25-20(29)14-5-3-9-26(12-14)17-11-18(23-13-22-17)27-10-4-8-24-27/h1-2,4,6-8,10-11,13-14H,3,5,9,12H2,(H2,21,28)(H,25,29)/t14-/m1/s1. The Labute approximate surface area is 167 Å². The molecule has 0 spiro atoms. The molecule has 0 saturated carbocycles. The van der Waals surface area contributed by atoms with Crippen LogP contribution in [0.15, 0.2) is 55.1 Å². The van der Waals surface area contributed by atoms with Crippen molar-refractivity contribution in [3.63, 3.8) is 0 Å². The maximum atomic E-state index is 12.8. The Morgan fingerprint density at radius 1 is 1.14 bits per heavy atom. The average molecular weight is 391 g/mol. The summed E-state index contributed by atoms with van der Waals surface area (Å²) >= 11 is 0. The number of hydrogen-bond donors (Lipinski definition) is 2. The van der Waals surface area contributed by atoms with Gasteiger partial charge >= 0.3 is 0 Å². The van der Waals surface area contributed by atoms with Crippen LogP contribution in [-0.4, -0.2) is 44.7 Å². The predicted octanol–water partition coefficient (Wildman–Crippen LogP) is 1.62. The van der Waals surface area contributed by atoms with Crippen molar-refractivity contribution in [2.75, 3.05) is 23.3 Å². The van der Waals surface area contributed by atoms with Crippen LogP contribution in [0.5, 0.6) is 0 Å². The number of nitrogens with zero attached hydrogens (tertiary/aromatic N) is 5. The summed E-state index contributed by atoms with van der Waals surface area (Å²) in [6, 6.07) is 10.4. The first-order valence-corrected chi connectivity index (χ1v) is 9.38. The number of rotatable bonds is 5. The minimum atomic E-state index is -0.571. The lowest BCUT2D eigenvalue weighted by molar-refractivity contribution is -0.120. The molecule has 3 heterocycles. The van der Waals surface area contributed by atoms with Crippen molar-refractivity contribution in [3.8, 4) is 5.82 Å². The molecule has 0 aliphatic carbocycles. The van der Waals surface area contributed by atoms with Crippen LogP contribution in [-0.2, 0) is 4.79 Å². The summed E-state index contributed by atoms with van der Waals surface area (Å²) in [7, 11) is 0. The first-order chi connectivity index (χ1) is 14.1. The molecule has 148 valence electrons. The van der Waals surface area contributed by atoms with E-state index >= 15 is 0 Å². The third-order valence-electron chi connectivity index (χ3n) is 4.94. The number of nitrogens with two attached hydrogens (primary N) is 1. The lowest BCUT2D eigenvalue weighted by Gasteiger charge is -2.33. The molecule has 0 unspecified atom stereocenters. The van der Waals surface area contributed by atoms with E-state index in [4.69, 9.17) is 5.73 Å². The maximum absolute atomic E-state index is 12.8. The van der Waals surface area contributed by atoms with Gasteiger partial charge in [0.1, 0.15) is 12.1 Å². The van der Waals surface area contributed by atoms with Gasteiger partial charge in [-0.3, -0.25) is 9.59 Å². The van der Waals surface area contributed by atoms with Crippen molar-refractivity contribution in [1.82, 2.24) is 19.7 Å². The summed E-state index contributed by atoms with van der Waals surface area (Å²) in [5.41, 5.74) is 6.14. The summed E-state index contributed by atoms with van der Waals surface area (Å²) < 4.78 is 1.67. The average Bonchev–Trinajstić information content (AvgIpc) is 3.29. The highest BCUT2D eigenvalue weighted by molar-refractivity contribution is 6.03. The molecule has 29 heavy (non-hydrogen) atoms. The van der Waals surface area contributed by atoms with Gasteiger partial charge in [-0.1, -0.05) is 12.1 Å². The Bertz CT molecular complexity index is 1020. The van der Waals surface area contributed by atoms with Gasteiger partial charge in [-0.25, -0.2) is 14.6 Å². The van der Waals surface area contributed by atoms with Gasteiger partial charge in [-0.2, -0.15) is 5.10 Å². The van der Waals surface area contributed by atoms with Crippen LogP contribution in [0, 0.1) is 5.92 Å². The zero-order chi connectivity index (χ0) is 20.2. The van der Waals surface area contributed by atoms with Gasteiger partial charge in [-0.15, -0.1) is 0 Å². The fourth-order valence-corrected chi connectivity index (χ4v) is 3.48. The smallest absolute Gasteiger partial charge is 0.250 e. The van der Waals surface area contributed by atoms with Crippen molar-refractivity contribution < 1.29 is 9.59 Å². The molecule has 1 aliphatic rings. The fourth-order valence-electron chi connectivity index (χ4n) is 3.48. The number of carbonyl (C=O) groups is 2. The van der Waals surface area contributed by atoms with Crippen LogP contribution in [0.25, 0.3) is 5.82 Å². The fraction of sp³-hybridized carbons (Fsp3) is 0.250. The number of benzene rings is 1. The number of hydrogen-bond acceptors (Lipinski definition) is 6. The molecular weight excluding hydrogens is 370 g/mol. The van der Waals surface area contributed by atoms with Crippen LogP contribution >= 0.6 is 0 Å². The second-order valence-corrected chi connectivity index (χ2v) is 6.87. The second-order valence-electron chi connectivity index (χ2n) is 6.87. The number of carbonyl (C=O) groups excluding carboxylic acids is 2. The van der Waals surface area contributed by atoms with Gasteiger partial charge in [-0.05, 0) is 31.0 Å². The summed E-state index contributed by atoms with van der Waals surface area (Å²) in [5.74, 6) is 0.485. The Balaban J connectivity index is 1.48. The van der Waals surface area contributed by atoms with Gasteiger partial charge < -0.3 is 16.0 Å². The van der Waals surface area contributed by atoms with E-state index in [-0.39, 0.29) is 11.8 Å². The Morgan fingerprint density at radius 2 is 1.97 bits per heavy atom. The lowest BCUT2D eigenvalue weighted by Crippen LogP contribution is -2.41. The SMILES string of the molecule is NC(=O)c1ccccc1NC(=O)[C@@H]1CCCN(c2cc(-n3cccn3)ncn2)C1. The summed E-state index contributed by atoms with van der Waals surface area (Å²) in [6.07, 6.45) is 6.62. The zero-order valence-electron chi connectivity index (χ0n) is 15.7. The molecule has 1 saturated heterocycles. The molecule has 1 atom stereocenters. The first kappa shape index (κ1) is 18.6. The van der Waals surface area contributed by atoms with E-state index in [2.05, 4.69) is 25.3 Å². The minimum Gasteiger partial charge on any atom is -0.366 e. The van der Waals surface area contributed by atoms with Crippen LogP contribution in [0.2, 0.25) is 0 Å². The number of nitrogens with one attached hydrogen (secondary N) is 1. The van der Waals surface area contributed by atoms with E-state index in [0.29, 0.717) is 23.6 Å². The molecule has 1 aliphatic heterocycles. The predicted molar refractivity (Wildman–Crippen MR) is 108 cm³/mol. The van der Waals surface area contributed by atoms with Crippen molar-refractivity contribution >= 4 is 23.3 Å². The van der Waals surface area contributed by atoms with E-state index in [1.807, 2.05) is 18.3 Å². The molecule has 0 bridgehead atoms. The first-order valence-electron chi connectivity index (χ1n) is 9.38. The molecule has 2 aromatic heterocycles. The Kier molecular flexibility index (Phi) is 5.19. The molecule has 9 heteroatoms. The van der Waals surface area contributed by atoms with Crippen LogP contribution in [0.4, 0.5) is 11.5 Å². The summed E-state index contributed by atoms with van der Waals surface area (Å²) in [5, 5.41) is 7.05. The highest BCUT2D eigenvalue weighted by Crippen LogP contribution is 2.24. The number of para-hydroxylation sites is 1. The highest BCUT2D eigenvalue weighted by atomic mass is 16.2. The van der Waals surface area contributed by atoms with Crippen molar-refractivity contribution in [1.29, 1.82) is 0 Å². The largest absolute Gasteiger partial charge is 0.366 e. The topological polar surface area (TPSA) is 119 Å². The number of aromatic nitrogens is 4. The monoisotopic (exact) mass is 391 g/mol. The maximum Gasteiger partial charge on any atom is 0.250 e. The number of amides is 2. The zero-order valence-corrected chi connectivity index (χ0v) is 15.7. The van der Waals surface area contributed by atoms with E-state index in [0.717, 1.165) is 25.2 Å². The third kappa shape index (κ3) is 4.08. The molecule has 1 aromatic carbocycles. The molecule has 1 fully saturated rings. The molecule has 2 amide bonds. The summed E-state index contributed by atoms with van der Waals surface area (Å²) in [6.45, 7) is 1.33. The number of piperidine rings is 1. The van der Waals surface area contributed by atoms with E-state index in [9.17, 15) is 9.59 Å². The normalized spacial score (nSPS) is 16.4. The van der Waals surface area contributed by atoms with E-state index in [1.165, 1.54) is 6.33 Å². The molecule has 0 radical (unpaired) electrons. The molecule has 3 N–H and O–H groups in total. The quantitative estimate of drug-likeness (QED) is 0.682. The summed E-state index contributed by atoms with van der Waals surface area (Å²) in [4.78, 5) is 35.1. The number of anilines is 2. The van der Waals surface area contributed by atoms with Gasteiger partial charge in [0.2, 0.25) is 5.91 Å². The third-order valence-corrected chi connectivity index (χ3v) is 4.94. The number of primary amides is 1. The van der Waals surface area contributed by atoms with Crippen molar-refractivity contribution in [2.45, 2.75) is 12.8 Å². The van der Waals surface area contributed by atoms with Gasteiger partial charge in [0, 0.05) is 31.5 Å². The highest BCUT2D eigenvalue weighted by Gasteiger charge is 2.27. The molecule has 3 aromatic rings. The molecule has 9 nitrogen and oxygen atoms in total. The minimum absolute atomic E-state index is 0.134. The Hall–Kier alpha value is -3.75. The molecule has 4 rings (SSSR count). The van der Waals surface area contributed by atoms with Crippen LogP contribution in [0.3, 0.4) is 0 Å². The van der Waals surface area contributed by atoms with Gasteiger partial charge in [0.15, 0.2) is 5.82 Å². The van der Waals surface area contributed by atoms with E-state index < -0.39 is 5.91 Å². The van der Waals surface area contributed by atoms with Crippen molar-refractivity contribution in [3.05, 3.63) is 60.7 Å².